The number of nitrogens with zero attached hydrogens (tertiary/aromatic N) is 1. The monoisotopic (exact) mass is 306 g/mol. The smallest absolute Gasteiger partial charge is 0.417 e. The van der Waals surface area contributed by atoms with Crippen LogP contribution in [0, 0.1) is 0 Å². The highest BCUT2D eigenvalue weighted by Gasteiger charge is 2.44. The number of hydroxylamine groups is 1. The van der Waals surface area contributed by atoms with E-state index in [0.717, 1.165) is 5.56 Å². The Morgan fingerprint density at radius 1 is 1.41 bits per heavy atom. The summed E-state index contributed by atoms with van der Waals surface area (Å²) in [5.41, 5.74) is 3.27. The van der Waals surface area contributed by atoms with Crippen LogP contribution in [0.3, 0.4) is 0 Å². The molecule has 1 aliphatic heterocycles. The molecule has 1 N–H and O–H groups in total. The van der Waals surface area contributed by atoms with Crippen molar-refractivity contribution in [3.63, 3.8) is 0 Å². The molecule has 6 nitrogen and oxygen atoms in total. The number of ether oxygens (including phenoxy) is 1. The number of hydrogen-bond donors (Lipinski definition) is 1. The number of cyclic esters (lactones) is 1. The molecule has 0 saturated carbocycles. The highest BCUT2D eigenvalue weighted by Crippen LogP contribution is 2.24. The van der Waals surface area contributed by atoms with Crippen molar-refractivity contribution < 1.29 is 19.2 Å². The molecule has 1 heterocycles. The van der Waals surface area contributed by atoms with Crippen LogP contribution in [-0.4, -0.2) is 35.1 Å². The molecule has 1 saturated heterocycles. The van der Waals surface area contributed by atoms with Crippen molar-refractivity contribution in [1.82, 2.24) is 10.4 Å². The van der Waals surface area contributed by atoms with E-state index >= 15 is 0 Å². The van der Waals surface area contributed by atoms with Crippen LogP contribution >= 0.6 is 0 Å². The first-order chi connectivity index (χ1) is 10.4. The topological polar surface area (TPSA) is 67.9 Å². The van der Waals surface area contributed by atoms with Gasteiger partial charge in [-0.1, -0.05) is 30.3 Å². The Balaban J connectivity index is 1.78. The van der Waals surface area contributed by atoms with E-state index in [-0.39, 0.29) is 25.0 Å². The van der Waals surface area contributed by atoms with E-state index in [4.69, 9.17) is 9.57 Å². The third kappa shape index (κ3) is 4.05. The third-order valence-electron chi connectivity index (χ3n) is 3.43. The first-order valence-corrected chi connectivity index (χ1v) is 7.31. The van der Waals surface area contributed by atoms with Gasteiger partial charge in [0.25, 0.3) is 0 Å². The van der Waals surface area contributed by atoms with Crippen LogP contribution in [0.1, 0.15) is 32.8 Å². The van der Waals surface area contributed by atoms with Crippen molar-refractivity contribution in [2.75, 3.05) is 6.61 Å². The molecule has 1 aromatic carbocycles. The van der Waals surface area contributed by atoms with Gasteiger partial charge in [0.2, 0.25) is 5.91 Å². The molecule has 1 atom stereocenters. The van der Waals surface area contributed by atoms with E-state index in [1.807, 2.05) is 37.3 Å². The van der Waals surface area contributed by atoms with Gasteiger partial charge in [-0.25, -0.2) is 9.69 Å². The second-order valence-electron chi connectivity index (χ2n) is 6.09. The van der Waals surface area contributed by atoms with Gasteiger partial charge in [-0.3, -0.25) is 9.63 Å². The van der Waals surface area contributed by atoms with Gasteiger partial charge in [0, 0.05) is 12.5 Å². The molecular formula is C16H22N2O4. The number of carbonyl (C=O) groups is 2. The number of imide groups is 1. The fourth-order valence-corrected chi connectivity index (χ4v) is 2.29. The fourth-order valence-electron chi connectivity index (χ4n) is 2.29. The van der Waals surface area contributed by atoms with Crippen molar-refractivity contribution in [2.24, 2.45) is 0 Å². The number of carbonyl (C=O) groups excluding carboxylic acids is 2. The van der Waals surface area contributed by atoms with E-state index in [9.17, 15) is 9.59 Å². The second kappa shape index (κ2) is 6.89. The lowest BCUT2D eigenvalue weighted by Gasteiger charge is -2.27. The van der Waals surface area contributed by atoms with E-state index in [1.165, 1.54) is 4.90 Å². The standard InChI is InChI=1S/C16H22N2O4/c1-12(17-22-10-13-7-5-4-6-8-13)9-14(19)18-15(20)21-11-16(18,2)3/h4-8,12,17H,9-11H2,1-3H3/t12-/m0/s1. The number of rotatable bonds is 6. The second-order valence-corrected chi connectivity index (χ2v) is 6.09. The summed E-state index contributed by atoms with van der Waals surface area (Å²) in [6.45, 7) is 6.08. The molecule has 1 fully saturated rings. The molecule has 0 bridgehead atoms. The predicted octanol–water partition coefficient (Wildman–Crippen LogP) is 2.24. The molecule has 22 heavy (non-hydrogen) atoms. The maximum absolute atomic E-state index is 12.2. The summed E-state index contributed by atoms with van der Waals surface area (Å²) in [7, 11) is 0. The number of nitrogens with one attached hydrogen (secondary N) is 1. The number of benzene rings is 1. The van der Waals surface area contributed by atoms with Gasteiger partial charge in [0.05, 0.1) is 12.1 Å². The van der Waals surface area contributed by atoms with Gasteiger partial charge in [-0.2, -0.15) is 5.48 Å². The Hall–Kier alpha value is -1.92. The number of amides is 2. The van der Waals surface area contributed by atoms with E-state index in [2.05, 4.69) is 5.48 Å². The minimum atomic E-state index is -0.598. The minimum Gasteiger partial charge on any atom is -0.447 e. The van der Waals surface area contributed by atoms with E-state index in [1.54, 1.807) is 13.8 Å². The summed E-state index contributed by atoms with van der Waals surface area (Å²) < 4.78 is 4.94. The van der Waals surface area contributed by atoms with Crippen LogP contribution in [0.15, 0.2) is 30.3 Å². The van der Waals surface area contributed by atoms with Crippen LogP contribution in [0.5, 0.6) is 0 Å². The molecule has 2 amide bonds. The summed E-state index contributed by atoms with van der Waals surface area (Å²) in [6, 6.07) is 9.52. The zero-order valence-electron chi connectivity index (χ0n) is 13.2. The van der Waals surface area contributed by atoms with Gasteiger partial charge in [0.1, 0.15) is 6.61 Å². The molecule has 0 unspecified atom stereocenters. The van der Waals surface area contributed by atoms with Gasteiger partial charge in [-0.15, -0.1) is 0 Å². The van der Waals surface area contributed by atoms with Gasteiger partial charge < -0.3 is 4.74 Å². The summed E-state index contributed by atoms with van der Waals surface area (Å²) in [6.07, 6.45) is -0.416. The lowest BCUT2D eigenvalue weighted by Crippen LogP contribution is -2.47. The van der Waals surface area contributed by atoms with Crippen molar-refractivity contribution in [3.05, 3.63) is 35.9 Å². The van der Waals surface area contributed by atoms with E-state index in [0.29, 0.717) is 6.61 Å². The van der Waals surface area contributed by atoms with Crippen LogP contribution in [0.4, 0.5) is 4.79 Å². The molecular weight excluding hydrogens is 284 g/mol. The zero-order valence-corrected chi connectivity index (χ0v) is 13.2. The maximum Gasteiger partial charge on any atom is 0.417 e. The average Bonchev–Trinajstić information content (AvgIpc) is 2.73. The molecule has 1 aromatic rings. The first kappa shape index (κ1) is 16.5. The molecule has 6 heteroatoms. The highest BCUT2D eigenvalue weighted by molar-refractivity contribution is 5.94. The minimum absolute atomic E-state index is 0.160. The zero-order chi connectivity index (χ0) is 16.2. The highest BCUT2D eigenvalue weighted by atomic mass is 16.6. The van der Waals surface area contributed by atoms with Gasteiger partial charge >= 0.3 is 6.09 Å². The summed E-state index contributed by atoms with van der Waals surface area (Å²) in [5.74, 6) is -0.268. The Labute approximate surface area is 130 Å². The first-order valence-electron chi connectivity index (χ1n) is 7.31. The summed E-state index contributed by atoms with van der Waals surface area (Å²) >= 11 is 0. The normalized spacial score (nSPS) is 18.1. The molecule has 0 aliphatic carbocycles. The SMILES string of the molecule is C[C@@H](CC(=O)N1C(=O)OCC1(C)C)NOCc1ccccc1. The van der Waals surface area contributed by atoms with E-state index < -0.39 is 11.6 Å². The molecule has 2 rings (SSSR count). The van der Waals surface area contributed by atoms with Gasteiger partial charge in [0.15, 0.2) is 0 Å². The summed E-state index contributed by atoms with van der Waals surface area (Å²) in [4.78, 5) is 30.5. The quantitative estimate of drug-likeness (QED) is 0.816. The van der Waals surface area contributed by atoms with Gasteiger partial charge in [-0.05, 0) is 26.3 Å². The van der Waals surface area contributed by atoms with Crippen molar-refractivity contribution >= 4 is 12.0 Å². The molecule has 0 radical (unpaired) electrons. The van der Waals surface area contributed by atoms with Crippen molar-refractivity contribution in [1.29, 1.82) is 0 Å². The number of hydrogen-bond acceptors (Lipinski definition) is 5. The van der Waals surface area contributed by atoms with Crippen molar-refractivity contribution in [2.45, 2.75) is 45.4 Å². The lowest BCUT2D eigenvalue weighted by molar-refractivity contribution is -0.132. The van der Waals surface area contributed by atoms with Crippen LogP contribution in [-0.2, 0) is 21.0 Å². The Bertz CT molecular complexity index is 530. The van der Waals surface area contributed by atoms with Crippen LogP contribution in [0.25, 0.3) is 0 Å². The van der Waals surface area contributed by atoms with Crippen LogP contribution in [0.2, 0.25) is 0 Å². The van der Waals surface area contributed by atoms with Crippen molar-refractivity contribution in [3.8, 4) is 0 Å². The molecule has 0 spiro atoms. The Morgan fingerprint density at radius 3 is 2.68 bits per heavy atom. The van der Waals surface area contributed by atoms with Crippen LogP contribution < -0.4 is 5.48 Å². The third-order valence-corrected chi connectivity index (χ3v) is 3.43. The predicted molar refractivity (Wildman–Crippen MR) is 80.7 cm³/mol. The average molecular weight is 306 g/mol. The molecule has 1 aliphatic rings. The Morgan fingerprint density at radius 2 is 2.09 bits per heavy atom. The largest absolute Gasteiger partial charge is 0.447 e. The fraction of sp³-hybridized carbons (Fsp3) is 0.500. The maximum atomic E-state index is 12.2. The molecule has 0 aromatic heterocycles. The molecule has 120 valence electrons. The summed E-state index contributed by atoms with van der Waals surface area (Å²) in [5, 5.41) is 0. The Kier molecular flexibility index (Phi) is 5.15. The lowest BCUT2D eigenvalue weighted by atomic mass is 10.1.